The minimum Gasteiger partial charge on any atom is -0.597 e. The van der Waals surface area contributed by atoms with E-state index in [9.17, 15) is 9.35 Å². The van der Waals surface area contributed by atoms with Crippen LogP contribution in [-0.2, 0) is 20.9 Å². The van der Waals surface area contributed by atoms with Crippen LogP contribution in [0.4, 0.5) is 0 Å². The number of esters is 1. The van der Waals surface area contributed by atoms with Crippen LogP contribution in [0.1, 0.15) is 34.6 Å². The average molecular weight is 233 g/mol. The molecule has 0 N–H and O–H groups in total. The first-order valence-electron chi connectivity index (χ1n) is 5.17. The van der Waals surface area contributed by atoms with Crippen molar-refractivity contribution in [2.75, 3.05) is 6.61 Å². The van der Waals surface area contributed by atoms with Gasteiger partial charge in [-0.2, -0.15) is 0 Å². The van der Waals surface area contributed by atoms with Crippen LogP contribution in [0.25, 0.3) is 0 Å². The highest BCUT2D eigenvalue weighted by atomic mass is 32.2. The van der Waals surface area contributed by atoms with E-state index < -0.39 is 11.4 Å². The second-order valence-corrected chi connectivity index (χ2v) is 6.80. The summed E-state index contributed by atoms with van der Waals surface area (Å²) < 4.78 is 18.3. The topological polar surface area (TPSA) is 52.4 Å². The molecule has 1 heterocycles. The molecular formula is C10H19NO3S. The fourth-order valence-corrected chi connectivity index (χ4v) is 2.88. The highest BCUT2D eigenvalue weighted by Crippen LogP contribution is 2.37. The van der Waals surface area contributed by atoms with Crippen molar-refractivity contribution in [2.45, 2.75) is 51.4 Å². The van der Waals surface area contributed by atoms with Gasteiger partial charge < -0.3 is 9.29 Å². The predicted octanol–water partition coefficient (Wildman–Crippen LogP) is 1.08. The van der Waals surface area contributed by atoms with Crippen LogP contribution in [-0.4, -0.2) is 38.3 Å². The molecule has 0 aromatic carbocycles. The summed E-state index contributed by atoms with van der Waals surface area (Å²) in [4.78, 5) is 11.5. The summed E-state index contributed by atoms with van der Waals surface area (Å²) in [5.74, 6) is -0.261. The van der Waals surface area contributed by atoms with E-state index in [-0.39, 0.29) is 22.8 Å². The Hall–Kier alpha value is -0.260. The molecule has 0 aliphatic carbocycles. The summed E-state index contributed by atoms with van der Waals surface area (Å²) in [5.41, 5.74) is 0. The molecule has 1 aliphatic heterocycles. The van der Waals surface area contributed by atoms with Gasteiger partial charge in [0.05, 0.1) is 12.6 Å². The lowest BCUT2D eigenvalue weighted by atomic mass is 10.3. The van der Waals surface area contributed by atoms with Crippen molar-refractivity contribution in [3.05, 3.63) is 0 Å². The summed E-state index contributed by atoms with van der Waals surface area (Å²) >= 11 is -1.13. The van der Waals surface area contributed by atoms with Crippen LogP contribution in [0.5, 0.6) is 0 Å². The Kier molecular flexibility index (Phi) is 3.68. The number of hydrogen-bond acceptors (Lipinski definition) is 4. The van der Waals surface area contributed by atoms with Crippen LogP contribution in [0.2, 0.25) is 0 Å². The molecule has 1 rings (SSSR count). The number of hydrogen-bond donors (Lipinski definition) is 0. The molecule has 0 aromatic rings. The van der Waals surface area contributed by atoms with Crippen LogP contribution in [0.15, 0.2) is 0 Å². The van der Waals surface area contributed by atoms with Gasteiger partial charge in [0.15, 0.2) is 6.04 Å². The second kappa shape index (κ2) is 4.31. The van der Waals surface area contributed by atoms with E-state index in [0.29, 0.717) is 6.61 Å². The third-order valence-corrected chi connectivity index (χ3v) is 4.28. The average Bonchev–Trinajstić information content (AvgIpc) is 2.74. The quantitative estimate of drug-likeness (QED) is 0.416. The van der Waals surface area contributed by atoms with Gasteiger partial charge in [0.25, 0.3) is 0 Å². The van der Waals surface area contributed by atoms with Crippen LogP contribution in [0, 0.1) is 0 Å². The molecule has 0 radical (unpaired) electrons. The zero-order chi connectivity index (χ0) is 11.8. The minimum absolute atomic E-state index is 0.0316. The first kappa shape index (κ1) is 12.8. The lowest BCUT2D eigenvalue weighted by Crippen LogP contribution is -2.36. The Morgan fingerprint density at radius 2 is 2.07 bits per heavy atom. The first-order chi connectivity index (χ1) is 6.80. The molecule has 0 spiro atoms. The van der Waals surface area contributed by atoms with Crippen molar-refractivity contribution in [1.82, 2.24) is 4.31 Å². The van der Waals surface area contributed by atoms with E-state index >= 15 is 0 Å². The monoisotopic (exact) mass is 233 g/mol. The molecule has 0 saturated carbocycles. The van der Waals surface area contributed by atoms with Crippen molar-refractivity contribution in [1.29, 1.82) is 0 Å². The van der Waals surface area contributed by atoms with E-state index in [2.05, 4.69) is 0 Å². The molecule has 0 aromatic heterocycles. The molecule has 4 nitrogen and oxygen atoms in total. The Morgan fingerprint density at radius 1 is 1.53 bits per heavy atom. The Bertz CT molecular complexity index is 252. The molecule has 1 aliphatic rings. The second-order valence-electron chi connectivity index (χ2n) is 4.66. The molecule has 0 amide bonds. The van der Waals surface area contributed by atoms with Gasteiger partial charge in [0.1, 0.15) is 4.75 Å². The van der Waals surface area contributed by atoms with E-state index in [4.69, 9.17) is 4.74 Å². The van der Waals surface area contributed by atoms with E-state index in [1.165, 1.54) is 0 Å². The van der Waals surface area contributed by atoms with Crippen molar-refractivity contribution in [3.63, 3.8) is 0 Å². The molecule has 5 heteroatoms. The molecule has 1 fully saturated rings. The highest BCUT2D eigenvalue weighted by Gasteiger charge is 2.61. The Morgan fingerprint density at radius 3 is 2.47 bits per heavy atom. The Balaban J connectivity index is 2.58. The van der Waals surface area contributed by atoms with Gasteiger partial charge in [-0.15, -0.1) is 4.31 Å². The third kappa shape index (κ3) is 2.65. The van der Waals surface area contributed by atoms with Gasteiger partial charge >= 0.3 is 5.97 Å². The fraction of sp³-hybridized carbons (Fsp3) is 0.900. The molecule has 0 bridgehead atoms. The molecule has 1 unspecified atom stereocenters. The maximum absolute atomic E-state index is 12.0. The SMILES string of the molecule is CCOC(=O)[C@@H]1[C@H](C)N1[S@@+]([O-])C(C)(C)C. The lowest BCUT2D eigenvalue weighted by Gasteiger charge is -2.24. The van der Waals surface area contributed by atoms with Crippen molar-refractivity contribution < 1.29 is 14.1 Å². The minimum atomic E-state index is -1.13. The molecule has 88 valence electrons. The van der Waals surface area contributed by atoms with Gasteiger partial charge in [0.2, 0.25) is 0 Å². The zero-order valence-electron chi connectivity index (χ0n) is 9.94. The normalized spacial score (nSPS) is 32.3. The first-order valence-corrected chi connectivity index (χ1v) is 6.28. The summed E-state index contributed by atoms with van der Waals surface area (Å²) in [7, 11) is 0. The van der Waals surface area contributed by atoms with E-state index in [1.54, 1.807) is 11.2 Å². The van der Waals surface area contributed by atoms with Gasteiger partial charge in [-0.05, 0) is 34.6 Å². The van der Waals surface area contributed by atoms with E-state index in [0.717, 1.165) is 0 Å². The van der Waals surface area contributed by atoms with E-state index in [1.807, 2.05) is 27.7 Å². The molecule has 4 atom stereocenters. The van der Waals surface area contributed by atoms with Crippen LogP contribution < -0.4 is 0 Å². The number of carbonyl (C=O) groups excluding carboxylic acids is 1. The number of ether oxygens (including phenoxy) is 1. The largest absolute Gasteiger partial charge is 0.597 e. The van der Waals surface area contributed by atoms with Crippen LogP contribution >= 0.6 is 0 Å². The van der Waals surface area contributed by atoms with Gasteiger partial charge in [-0.25, -0.2) is 0 Å². The smallest absolute Gasteiger partial charge is 0.329 e. The molecular weight excluding hydrogens is 214 g/mol. The van der Waals surface area contributed by atoms with Gasteiger partial charge in [0, 0.05) is 11.4 Å². The summed E-state index contributed by atoms with van der Waals surface area (Å²) in [5, 5.41) is 0. The van der Waals surface area contributed by atoms with Gasteiger partial charge in [-0.3, -0.25) is 4.79 Å². The fourth-order valence-electron chi connectivity index (χ4n) is 1.42. The van der Waals surface area contributed by atoms with Gasteiger partial charge in [-0.1, -0.05) is 0 Å². The van der Waals surface area contributed by atoms with Crippen LogP contribution in [0.3, 0.4) is 0 Å². The number of nitrogens with zero attached hydrogens (tertiary/aromatic N) is 1. The van der Waals surface area contributed by atoms with Crippen molar-refractivity contribution in [3.8, 4) is 0 Å². The number of carbonyl (C=O) groups is 1. The predicted molar refractivity (Wildman–Crippen MR) is 59.6 cm³/mol. The molecule has 1 saturated heterocycles. The third-order valence-electron chi connectivity index (χ3n) is 2.29. The summed E-state index contributed by atoms with van der Waals surface area (Å²) in [6, 6.07) is -0.283. The highest BCUT2D eigenvalue weighted by molar-refractivity contribution is 7.90. The lowest BCUT2D eigenvalue weighted by molar-refractivity contribution is -0.143. The maximum atomic E-state index is 12.0. The summed E-state index contributed by atoms with van der Waals surface area (Å²) in [6.07, 6.45) is 0. The number of rotatable bonds is 3. The van der Waals surface area contributed by atoms with Crippen molar-refractivity contribution >= 4 is 17.3 Å². The standard InChI is InChI=1S/C10H19NO3S/c1-6-14-9(12)8-7(2)11(8)15(13)10(3,4)5/h7-8H,6H2,1-5H3/t7-,8-,11?,15-/m0/s1. The Labute approximate surface area is 94.3 Å². The molecule has 15 heavy (non-hydrogen) atoms. The maximum Gasteiger partial charge on any atom is 0.329 e. The summed E-state index contributed by atoms with van der Waals surface area (Å²) in [6.45, 7) is 9.74. The van der Waals surface area contributed by atoms with Crippen molar-refractivity contribution in [2.24, 2.45) is 0 Å². The zero-order valence-corrected chi connectivity index (χ0v) is 10.8.